The predicted octanol–water partition coefficient (Wildman–Crippen LogP) is 3.94. The summed E-state index contributed by atoms with van der Waals surface area (Å²) in [5.41, 5.74) is 0.711. The number of carbonyl (C=O) groups is 1. The van der Waals surface area contributed by atoms with Crippen LogP contribution in [0.15, 0.2) is 18.2 Å². The normalized spacial score (nSPS) is 22.4. The molecule has 0 aromatic heterocycles. The Morgan fingerprint density at radius 2 is 2.00 bits per heavy atom. The summed E-state index contributed by atoms with van der Waals surface area (Å²) in [5, 5.41) is 2.58. The van der Waals surface area contributed by atoms with Gasteiger partial charge < -0.3 is 19.7 Å². The first-order valence-corrected chi connectivity index (χ1v) is 8.81. The standard InChI is InChI=1S/C18H23F3N2O3/c1-25-9-8-17(24)22-13-4-7-15(16(10-13)26-18(19,20)21)23-11-12-2-5-14(23)6-3-12/h4,7,10,12,14H,2-3,5-6,8-9,11H2,1H3,(H,22,24). The first-order valence-electron chi connectivity index (χ1n) is 8.81. The lowest BCUT2D eigenvalue weighted by atomic mass is 9.79. The van der Waals surface area contributed by atoms with E-state index in [2.05, 4.69) is 10.1 Å². The molecule has 5 nitrogen and oxygen atoms in total. The number of methoxy groups -OCH3 is 1. The number of rotatable bonds is 6. The van der Waals surface area contributed by atoms with Gasteiger partial charge in [-0.25, -0.2) is 0 Å². The number of hydrogen-bond acceptors (Lipinski definition) is 4. The summed E-state index contributed by atoms with van der Waals surface area (Å²) in [6.45, 7) is 0.991. The van der Waals surface area contributed by atoms with E-state index in [1.807, 2.05) is 4.90 Å². The third kappa shape index (κ3) is 4.60. The van der Waals surface area contributed by atoms with E-state index in [9.17, 15) is 18.0 Å². The summed E-state index contributed by atoms with van der Waals surface area (Å²) in [6, 6.07) is 4.72. The van der Waals surface area contributed by atoms with Crippen molar-refractivity contribution in [3.8, 4) is 5.75 Å². The molecule has 26 heavy (non-hydrogen) atoms. The Hall–Kier alpha value is -1.96. The molecule has 1 N–H and O–H groups in total. The number of carbonyl (C=O) groups excluding carboxylic acids is 1. The van der Waals surface area contributed by atoms with E-state index in [0.717, 1.165) is 32.2 Å². The number of hydrogen-bond donors (Lipinski definition) is 1. The van der Waals surface area contributed by atoms with Crippen LogP contribution in [0.2, 0.25) is 0 Å². The van der Waals surface area contributed by atoms with E-state index in [4.69, 9.17) is 4.74 Å². The Morgan fingerprint density at radius 3 is 2.58 bits per heavy atom. The van der Waals surface area contributed by atoms with Gasteiger partial charge in [0.1, 0.15) is 0 Å². The van der Waals surface area contributed by atoms with Gasteiger partial charge in [-0.15, -0.1) is 13.2 Å². The minimum atomic E-state index is -4.79. The molecule has 2 aliphatic heterocycles. The van der Waals surface area contributed by atoms with Crippen molar-refractivity contribution in [2.45, 2.75) is 44.5 Å². The molecule has 144 valence electrons. The summed E-state index contributed by atoms with van der Waals surface area (Å²) < 4.78 is 47.8. The van der Waals surface area contributed by atoms with Crippen molar-refractivity contribution in [1.29, 1.82) is 0 Å². The number of ether oxygens (including phenoxy) is 2. The number of amides is 1. The van der Waals surface area contributed by atoms with Gasteiger partial charge in [-0.3, -0.25) is 4.79 Å². The number of alkyl halides is 3. The lowest BCUT2D eigenvalue weighted by molar-refractivity contribution is -0.274. The van der Waals surface area contributed by atoms with Crippen LogP contribution in [0.25, 0.3) is 0 Å². The van der Waals surface area contributed by atoms with Crippen LogP contribution < -0.4 is 15.0 Å². The lowest BCUT2D eigenvalue weighted by Crippen LogP contribution is -2.48. The Kier molecular flexibility index (Phi) is 5.60. The van der Waals surface area contributed by atoms with Gasteiger partial charge in [0.25, 0.3) is 0 Å². The summed E-state index contributed by atoms with van der Waals surface area (Å²) in [5.74, 6) is -0.0728. The quantitative estimate of drug-likeness (QED) is 0.822. The molecular weight excluding hydrogens is 349 g/mol. The summed E-state index contributed by atoms with van der Waals surface area (Å²) in [4.78, 5) is 13.8. The fourth-order valence-electron chi connectivity index (χ4n) is 3.82. The number of nitrogens with zero attached hydrogens (tertiary/aromatic N) is 1. The van der Waals surface area contributed by atoms with Crippen molar-refractivity contribution in [2.75, 3.05) is 30.5 Å². The molecule has 1 saturated carbocycles. The second-order valence-corrected chi connectivity index (χ2v) is 6.85. The average molecular weight is 372 g/mol. The fourth-order valence-corrected chi connectivity index (χ4v) is 3.82. The number of fused-ring (bicyclic) bond motifs is 3. The van der Waals surface area contributed by atoms with E-state index in [1.165, 1.54) is 13.2 Å². The summed E-state index contributed by atoms with van der Waals surface area (Å²) in [7, 11) is 1.48. The maximum absolute atomic E-state index is 12.9. The van der Waals surface area contributed by atoms with E-state index in [0.29, 0.717) is 11.6 Å². The highest BCUT2D eigenvalue weighted by atomic mass is 19.4. The van der Waals surface area contributed by atoms with E-state index in [-0.39, 0.29) is 36.4 Å². The van der Waals surface area contributed by atoms with Gasteiger partial charge in [0.15, 0.2) is 5.75 Å². The lowest BCUT2D eigenvalue weighted by Gasteiger charge is -2.47. The van der Waals surface area contributed by atoms with Gasteiger partial charge in [-0.1, -0.05) is 0 Å². The van der Waals surface area contributed by atoms with Crippen molar-refractivity contribution < 1.29 is 27.4 Å². The Bertz CT molecular complexity index is 643. The highest BCUT2D eigenvalue weighted by Gasteiger charge is 2.37. The van der Waals surface area contributed by atoms with Gasteiger partial charge in [-0.2, -0.15) is 0 Å². The molecule has 4 rings (SSSR count). The van der Waals surface area contributed by atoms with Gasteiger partial charge >= 0.3 is 6.36 Å². The van der Waals surface area contributed by atoms with E-state index >= 15 is 0 Å². The molecule has 0 spiro atoms. The Labute approximate surface area is 150 Å². The average Bonchev–Trinajstić information content (AvgIpc) is 2.60. The minimum absolute atomic E-state index is 0.129. The van der Waals surface area contributed by atoms with Crippen LogP contribution in [0, 0.1) is 5.92 Å². The van der Waals surface area contributed by atoms with Crippen LogP contribution in [0.5, 0.6) is 5.75 Å². The smallest absolute Gasteiger partial charge is 0.403 e. The van der Waals surface area contributed by atoms with E-state index in [1.54, 1.807) is 12.1 Å². The molecule has 1 aromatic carbocycles. The molecule has 0 unspecified atom stereocenters. The van der Waals surface area contributed by atoms with E-state index < -0.39 is 6.36 Å². The molecule has 1 aliphatic carbocycles. The second kappa shape index (κ2) is 7.73. The third-order valence-electron chi connectivity index (χ3n) is 5.02. The molecule has 8 heteroatoms. The zero-order valence-corrected chi connectivity index (χ0v) is 14.6. The molecule has 2 bridgehead atoms. The monoisotopic (exact) mass is 372 g/mol. The van der Waals surface area contributed by atoms with Crippen LogP contribution in [-0.4, -0.2) is 38.6 Å². The first-order chi connectivity index (χ1) is 12.4. The van der Waals surface area contributed by atoms with Crippen LogP contribution >= 0.6 is 0 Å². The van der Waals surface area contributed by atoms with Crippen LogP contribution in [0.3, 0.4) is 0 Å². The number of anilines is 2. The van der Waals surface area contributed by atoms with Crippen LogP contribution in [0.4, 0.5) is 24.5 Å². The van der Waals surface area contributed by atoms with Crippen molar-refractivity contribution in [3.05, 3.63) is 18.2 Å². The maximum Gasteiger partial charge on any atom is 0.573 e. The van der Waals surface area contributed by atoms with Gasteiger partial charge in [0.05, 0.1) is 18.7 Å². The van der Waals surface area contributed by atoms with Crippen LogP contribution in [-0.2, 0) is 9.53 Å². The van der Waals surface area contributed by atoms with Crippen molar-refractivity contribution >= 4 is 17.3 Å². The fraction of sp³-hybridized carbons (Fsp3) is 0.611. The van der Waals surface area contributed by atoms with Gasteiger partial charge in [0, 0.05) is 31.5 Å². The SMILES string of the molecule is COCCC(=O)Nc1ccc(N2CC3CCC2CC3)c(OC(F)(F)F)c1. The molecule has 2 heterocycles. The third-order valence-corrected chi connectivity index (χ3v) is 5.02. The van der Waals surface area contributed by atoms with Crippen molar-refractivity contribution in [1.82, 2.24) is 0 Å². The number of nitrogens with one attached hydrogen (secondary N) is 1. The highest BCUT2D eigenvalue weighted by Crippen LogP contribution is 2.43. The van der Waals surface area contributed by atoms with Gasteiger partial charge in [-0.05, 0) is 43.7 Å². The topological polar surface area (TPSA) is 50.8 Å². The Balaban J connectivity index is 1.83. The highest BCUT2D eigenvalue weighted by molar-refractivity contribution is 5.91. The number of halogens is 3. The molecule has 3 aliphatic rings. The largest absolute Gasteiger partial charge is 0.573 e. The molecular formula is C18H23F3N2O3. The predicted molar refractivity (Wildman–Crippen MR) is 91.3 cm³/mol. The summed E-state index contributed by atoms with van der Waals surface area (Å²) in [6.07, 6.45) is -0.419. The Morgan fingerprint density at radius 1 is 1.27 bits per heavy atom. The molecule has 0 radical (unpaired) electrons. The molecule has 3 fully saturated rings. The van der Waals surface area contributed by atoms with Crippen molar-refractivity contribution in [2.24, 2.45) is 5.92 Å². The molecule has 2 saturated heterocycles. The molecule has 1 aromatic rings. The van der Waals surface area contributed by atoms with Gasteiger partial charge in [0.2, 0.25) is 5.91 Å². The van der Waals surface area contributed by atoms with Crippen molar-refractivity contribution in [3.63, 3.8) is 0 Å². The molecule has 0 atom stereocenters. The molecule has 1 amide bonds. The number of benzene rings is 1. The van der Waals surface area contributed by atoms with Crippen LogP contribution in [0.1, 0.15) is 32.1 Å². The zero-order chi connectivity index (χ0) is 18.7. The summed E-state index contributed by atoms with van der Waals surface area (Å²) >= 11 is 0. The first kappa shape index (κ1) is 18.8. The number of piperidine rings is 2. The zero-order valence-electron chi connectivity index (χ0n) is 14.6. The second-order valence-electron chi connectivity index (χ2n) is 6.85. The minimum Gasteiger partial charge on any atom is -0.403 e. The maximum atomic E-state index is 12.9.